The van der Waals surface area contributed by atoms with Crippen LogP contribution in [0.3, 0.4) is 0 Å². The molecule has 4 saturated heterocycles. The quantitative estimate of drug-likeness (QED) is 0.376. The Kier molecular flexibility index (Phi) is 14.2. The lowest BCUT2D eigenvalue weighted by Crippen LogP contribution is -2.51. The third kappa shape index (κ3) is 13.9. The Hall–Kier alpha value is -2.40. The number of ether oxygens (including phenoxy) is 2. The van der Waals surface area contributed by atoms with Crippen molar-refractivity contribution >= 4 is 12.2 Å². The third-order valence-corrected chi connectivity index (χ3v) is 9.41. The van der Waals surface area contributed by atoms with Crippen LogP contribution in [0.5, 0.6) is 0 Å². The summed E-state index contributed by atoms with van der Waals surface area (Å²) in [6, 6.07) is 13.1. The fourth-order valence-corrected chi connectivity index (χ4v) is 6.87. The van der Waals surface area contributed by atoms with Gasteiger partial charge in [0.1, 0.15) is 11.2 Å². The molecular weight excluding hydrogens is 592 g/mol. The van der Waals surface area contributed by atoms with Crippen LogP contribution in [0, 0.1) is 0 Å². The van der Waals surface area contributed by atoms with Gasteiger partial charge in [0.25, 0.3) is 0 Å². The van der Waals surface area contributed by atoms with Crippen molar-refractivity contribution in [3.05, 3.63) is 35.9 Å². The van der Waals surface area contributed by atoms with Crippen molar-refractivity contribution in [1.82, 2.24) is 30.7 Å². The van der Waals surface area contributed by atoms with Gasteiger partial charge in [-0.2, -0.15) is 0 Å². The van der Waals surface area contributed by atoms with Crippen LogP contribution in [0.25, 0.3) is 0 Å². The molecule has 0 spiro atoms. The van der Waals surface area contributed by atoms with Crippen molar-refractivity contribution in [2.24, 2.45) is 0 Å². The van der Waals surface area contributed by atoms with E-state index in [0.717, 1.165) is 84.6 Å². The maximum absolute atomic E-state index is 12.2. The molecule has 4 heterocycles. The molecule has 1 aromatic carbocycles. The van der Waals surface area contributed by atoms with Gasteiger partial charge in [0, 0.05) is 56.9 Å². The van der Waals surface area contributed by atoms with Crippen LogP contribution < -0.4 is 16.0 Å². The van der Waals surface area contributed by atoms with E-state index in [1.165, 1.54) is 31.2 Å². The molecule has 0 aromatic heterocycles. The zero-order chi connectivity index (χ0) is 33.9. The minimum atomic E-state index is -0.417. The van der Waals surface area contributed by atoms with Crippen LogP contribution in [-0.2, 0) is 16.0 Å². The number of amides is 2. The van der Waals surface area contributed by atoms with E-state index in [1.807, 2.05) is 51.3 Å². The number of carbonyl (C=O) groups is 2. The Morgan fingerprint density at radius 1 is 0.638 bits per heavy atom. The average Bonchev–Trinajstić information content (AvgIpc) is 3.02. The summed E-state index contributed by atoms with van der Waals surface area (Å²) in [4.78, 5) is 30.4. The number of nitrogens with zero attached hydrogens (tertiary/aromatic N) is 3. The lowest BCUT2D eigenvalue weighted by atomic mass is 9.99. The average molecular weight is 657 g/mol. The van der Waals surface area contributed by atoms with E-state index in [-0.39, 0.29) is 12.2 Å². The van der Waals surface area contributed by atoms with E-state index >= 15 is 0 Å². The zero-order valence-electron chi connectivity index (χ0n) is 30.2. The number of nitrogens with one attached hydrogen (secondary N) is 3. The van der Waals surface area contributed by atoms with E-state index in [2.05, 4.69) is 51.2 Å². The monoisotopic (exact) mass is 656 g/mol. The van der Waals surface area contributed by atoms with E-state index in [9.17, 15) is 9.59 Å². The molecule has 266 valence electrons. The largest absolute Gasteiger partial charge is 0.444 e. The predicted octanol–water partition coefficient (Wildman–Crippen LogP) is 5.37. The zero-order valence-corrected chi connectivity index (χ0v) is 30.2. The summed E-state index contributed by atoms with van der Waals surface area (Å²) in [5, 5.41) is 11.0. The van der Waals surface area contributed by atoms with Crippen molar-refractivity contribution < 1.29 is 19.1 Å². The molecule has 0 aliphatic carbocycles. The minimum absolute atomic E-state index is 0.169. The van der Waals surface area contributed by atoms with E-state index < -0.39 is 11.2 Å². The Balaban J connectivity index is 0.000000223. The van der Waals surface area contributed by atoms with Gasteiger partial charge < -0.3 is 35.2 Å². The van der Waals surface area contributed by atoms with Gasteiger partial charge in [-0.05, 0) is 125 Å². The first-order chi connectivity index (χ1) is 22.3. The summed E-state index contributed by atoms with van der Waals surface area (Å²) in [5.74, 6) is 0. The van der Waals surface area contributed by atoms with Crippen molar-refractivity contribution in [1.29, 1.82) is 0 Å². The van der Waals surface area contributed by atoms with Gasteiger partial charge in [-0.1, -0.05) is 30.3 Å². The Bertz CT molecular complexity index is 1060. The number of carbonyl (C=O) groups excluding carboxylic acids is 2. The van der Waals surface area contributed by atoms with Gasteiger partial charge in [-0.3, -0.25) is 4.90 Å². The first-order valence-electron chi connectivity index (χ1n) is 18.3. The molecule has 0 radical (unpaired) electrons. The van der Waals surface area contributed by atoms with Crippen LogP contribution >= 0.6 is 0 Å². The molecule has 47 heavy (non-hydrogen) atoms. The summed E-state index contributed by atoms with van der Waals surface area (Å²) in [6.45, 7) is 20.3. The number of piperidine rings is 4. The standard InChI is InChI=1S/C22H35N3O2.C15H29N3O2/c1-22(2,3)27-21(26)25-15-11-20(12-16-25)23-19-9-13-24(14-10-19)17-18-7-5-4-6-8-18;1-15(2,3)20-14(19)18-10-6-13(7-11-18)17-12-4-8-16-9-5-12/h4-8,19-20,23H,9-17H2,1-3H3;12-13,16-17H,4-11H2,1-3H3. The second-order valence-corrected chi connectivity index (χ2v) is 15.9. The highest BCUT2D eigenvalue weighted by Gasteiger charge is 2.30. The van der Waals surface area contributed by atoms with E-state index in [0.29, 0.717) is 24.2 Å². The molecule has 3 N–H and O–H groups in total. The number of hydrogen-bond acceptors (Lipinski definition) is 8. The number of likely N-dealkylation sites (tertiary alicyclic amines) is 3. The molecule has 0 atom stereocenters. The molecule has 10 nitrogen and oxygen atoms in total. The van der Waals surface area contributed by atoms with Crippen molar-refractivity contribution in [2.45, 2.75) is 135 Å². The highest BCUT2D eigenvalue weighted by Crippen LogP contribution is 2.20. The molecule has 2 amide bonds. The highest BCUT2D eigenvalue weighted by molar-refractivity contribution is 5.68. The van der Waals surface area contributed by atoms with Gasteiger partial charge in [-0.15, -0.1) is 0 Å². The Labute approximate surface area is 284 Å². The van der Waals surface area contributed by atoms with Gasteiger partial charge in [0.05, 0.1) is 0 Å². The maximum Gasteiger partial charge on any atom is 0.410 e. The van der Waals surface area contributed by atoms with Crippen LogP contribution in [0.4, 0.5) is 9.59 Å². The van der Waals surface area contributed by atoms with Crippen LogP contribution in [0.1, 0.15) is 98.5 Å². The smallest absolute Gasteiger partial charge is 0.410 e. The minimum Gasteiger partial charge on any atom is -0.444 e. The lowest BCUT2D eigenvalue weighted by Gasteiger charge is -2.38. The summed E-state index contributed by atoms with van der Waals surface area (Å²) in [6.07, 6.45) is 8.60. The highest BCUT2D eigenvalue weighted by atomic mass is 16.6. The Morgan fingerprint density at radius 3 is 1.43 bits per heavy atom. The topological polar surface area (TPSA) is 98.4 Å². The summed E-state index contributed by atoms with van der Waals surface area (Å²) in [5.41, 5.74) is 0.583. The SMILES string of the molecule is CC(C)(C)OC(=O)N1CCC(NC2CCN(Cc3ccccc3)CC2)CC1.CC(C)(C)OC(=O)N1CCC(NC2CCNCC2)CC1. The molecule has 5 rings (SSSR count). The predicted molar refractivity (Wildman–Crippen MR) is 189 cm³/mol. The number of hydrogen-bond donors (Lipinski definition) is 3. The summed E-state index contributed by atoms with van der Waals surface area (Å²) in [7, 11) is 0. The molecular formula is C37H64N6O4. The Morgan fingerprint density at radius 2 is 1.02 bits per heavy atom. The molecule has 0 unspecified atom stereocenters. The molecule has 0 saturated carbocycles. The lowest BCUT2D eigenvalue weighted by molar-refractivity contribution is 0.0183. The molecule has 4 fully saturated rings. The third-order valence-electron chi connectivity index (χ3n) is 9.41. The van der Waals surface area contributed by atoms with Gasteiger partial charge >= 0.3 is 12.2 Å². The summed E-state index contributed by atoms with van der Waals surface area (Å²) >= 11 is 0. The first kappa shape index (κ1) is 37.4. The van der Waals surface area contributed by atoms with E-state index in [4.69, 9.17) is 9.47 Å². The van der Waals surface area contributed by atoms with Crippen molar-refractivity contribution in [2.75, 3.05) is 52.4 Å². The fourth-order valence-electron chi connectivity index (χ4n) is 6.87. The molecule has 1 aromatic rings. The molecule has 4 aliphatic heterocycles. The number of rotatable bonds is 6. The van der Waals surface area contributed by atoms with Gasteiger partial charge in [0.15, 0.2) is 0 Å². The van der Waals surface area contributed by atoms with E-state index in [1.54, 1.807) is 0 Å². The summed E-state index contributed by atoms with van der Waals surface area (Å²) < 4.78 is 10.9. The maximum atomic E-state index is 12.2. The second kappa shape index (κ2) is 17.8. The van der Waals surface area contributed by atoms with Crippen molar-refractivity contribution in [3.63, 3.8) is 0 Å². The second-order valence-electron chi connectivity index (χ2n) is 15.9. The van der Waals surface area contributed by atoms with Crippen molar-refractivity contribution in [3.8, 4) is 0 Å². The fraction of sp³-hybridized carbons (Fsp3) is 0.784. The normalized spacial score (nSPS) is 21.6. The van der Waals surface area contributed by atoms with Gasteiger partial charge in [-0.25, -0.2) is 9.59 Å². The molecule has 10 heteroatoms. The van der Waals surface area contributed by atoms with Gasteiger partial charge in [0.2, 0.25) is 0 Å². The first-order valence-corrected chi connectivity index (χ1v) is 18.3. The van der Waals surface area contributed by atoms with Crippen LogP contribution in [-0.4, -0.2) is 115 Å². The number of benzene rings is 1. The van der Waals surface area contributed by atoms with Crippen LogP contribution in [0.15, 0.2) is 30.3 Å². The molecule has 4 aliphatic rings. The molecule has 0 bridgehead atoms. The van der Waals surface area contributed by atoms with Crippen LogP contribution in [0.2, 0.25) is 0 Å².